The SMILES string of the molecule is CNC(=O)C1CCN(CCN)CC1. The van der Waals surface area contributed by atoms with Crippen LogP contribution in [0, 0.1) is 5.92 Å². The van der Waals surface area contributed by atoms with E-state index in [9.17, 15) is 4.79 Å². The molecule has 1 saturated heterocycles. The normalized spacial score (nSPS) is 20.2. The number of piperidine rings is 1. The van der Waals surface area contributed by atoms with Crippen molar-refractivity contribution >= 4 is 5.91 Å². The Bertz CT molecular complexity index is 164. The maximum Gasteiger partial charge on any atom is 0.222 e. The van der Waals surface area contributed by atoms with E-state index in [0.29, 0.717) is 6.54 Å². The number of nitrogens with one attached hydrogen (secondary N) is 1. The van der Waals surface area contributed by atoms with Gasteiger partial charge in [0.15, 0.2) is 0 Å². The molecule has 76 valence electrons. The zero-order valence-electron chi connectivity index (χ0n) is 8.25. The number of hydrogen-bond donors (Lipinski definition) is 2. The van der Waals surface area contributed by atoms with Crippen molar-refractivity contribution in [3.63, 3.8) is 0 Å². The molecule has 0 aliphatic carbocycles. The van der Waals surface area contributed by atoms with Crippen molar-refractivity contribution < 1.29 is 4.79 Å². The van der Waals surface area contributed by atoms with Crippen molar-refractivity contribution in [3.05, 3.63) is 0 Å². The first-order chi connectivity index (χ1) is 6.27. The number of likely N-dealkylation sites (tertiary alicyclic amines) is 1. The summed E-state index contributed by atoms with van der Waals surface area (Å²) in [5, 5.41) is 2.70. The molecule has 0 spiro atoms. The molecule has 0 aromatic carbocycles. The van der Waals surface area contributed by atoms with Crippen LogP contribution in [0.5, 0.6) is 0 Å². The van der Waals surface area contributed by atoms with Crippen molar-refractivity contribution in [2.75, 3.05) is 33.2 Å². The van der Waals surface area contributed by atoms with Gasteiger partial charge in [0, 0.05) is 26.1 Å². The van der Waals surface area contributed by atoms with Crippen LogP contribution in [-0.4, -0.2) is 44.0 Å². The van der Waals surface area contributed by atoms with Gasteiger partial charge < -0.3 is 16.0 Å². The van der Waals surface area contributed by atoms with Gasteiger partial charge in [-0.2, -0.15) is 0 Å². The molecule has 1 aliphatic heterocycles. The average molecular weight is 185 g/mol. The van der Waals surface area contributed by atoms with Gasteiger partial charge in [0.05, 0.1) is 0 Å². The third-order valence-electron chi connectivity index (χ3n) is 2.65. The molecule has 0 saturated carbocycles. The van der Waals surface area contributed by atoms with Gasteiger partial charge in [-0.25, -0.2) is 0 Å². The molecule has 0 unspecified atom stereocenters. The molecule has 1 heterocycles. The number of nitrogens with two attached hydrogens (primary N) is 1. The van der Waals surface area contributed by atoms with Crippen molar-refractivity contribution in [1.29, 1.82) is 0 Å². The van der Waals surface area contributed by atoms with Gasteiger partial charge in [0.25, 0.3) is 0 Å². The van der Waals surface area contributed by atoms with E-state index in [-0.39, 0.29) is 11.8 Å². The van der Waals surface area contributed by atoms with E-state index in [0.717, 1.165) is 32.5 Å². The van der Waals surface area contributed by atoms with Crippen LogP contribution in [0.15, 0.2) is 0 Å². The first kappa shape index (κ1) is 10.5. The summed E-state index contributed by atoms with van der Waals surface area (Å²) in [7, 11) is 1.70. The summed E-state index contributed by atoms with van der Waals surface area (Å²) in [6.07, 6.45) is 1.94. The quantitative estimate of drug-likeness (QED) is 0.617. The predicted octanol–water partition coefficient (Wildman–Crippen LogP) is -0.597. The summed E-state index contributed by atoms with van der Waals surface area (Å²) in [6.45, 7) is 3.69. The van der Waals surface area contributed by atoms with E-state index >= 15 is 0 Å². The Hall–Kier alpha value is -0.610. The molecular formula is C9H19N3O. The monoisotopic (exact) mass is 185 g/mol. The zero-order valence-corrected chi connectivity index (χ0v) is 8.25. The highest BCUT2D eigenvalue weighted by molar-refractivity contribution is 5.78. The molecule has 1 rings (SSSR count). The second-order valence-corrected chi connectivity index (χ2v) is 3.52. The maximum atomic E-state index is 11.3. The Labute approximate surface area is 79.5 Å². The Kier molecular flexibility index (Phi) is 4.18. The minimum atomic E-state index is 0.187. The van der Waals surface area contributed by atoms with Crippen LogP contribution in [0.3, 0.4) is 0 Å². The molecule has 1 amide bonds. The largest absolute Gasteiger partial charge is 0.359 e. The van der Waals surface area contributed by atoms with Crippen LogP contribution in [0.25, 0.3) is 0 Å². The van der Waals surface area contributed by atoms with Crippen LogP contribution < -0.4 is 11.1 Å². The molecule has 0 bridgehead atoms. The van der Waals surface area contributed by atoms with Crippen LogP contribution >= 0.6 is 0 Å². The number of hydrogen-bond acceptors (Lipinski definition) is 3. The minimum Gasteiger partial charge on any atom is -0.359 e. The Balaban J connectivity index is 2.26. The third-order valence-corrected chi connectivity index (χ3v) is 2.65. The standard InChI is InChI=1S/C9H19N3O/c1-11-9(13)8-2-5-12(6-3-8)7-4-10/h8H,2-7,10H2,1H3,(H,11,13). The van der Waals surface area contributed by atoms with Crippen molar-refractivity contribution in [3.8, 4) is 0 Å². The molecular weight excluding hydrogens is 166 g/mol. The topological polar surface area (TPSA) is 58.4 Å². The first-order valence-corrected chi connectivity index (χ1v) is 4.92. The second-order valence-electron chi connectivity index (χ2n) is 3.52. The lowest BCUT2D eigenvalue weighted by atomic mass is 9.96. The van der Waals surface area contributed by atoms with Gasteiger partial charge in [0.2, 0.25) is 5.91 Å². The van der Waals surface area contributed by atoms with E-state index in [1.54, 1.807) is 7.05 Å². The van der Waals surface area contributed by atoms with Crippen molar-refractivity contribution in [1.82, 2.24) is 10.2 Å². The highest BCUT2D eigenvalue weighted by Gasteiger charge is 2.23. The van der Waals surface area contributed by atoms with E-state index in [2.05, 4.69) is 10.2 Å². The lowest BCUT2D eigenvalue weighted by Crippen LogP contribution is -2.41. The lowest BCUT2D eigenvalue weighted by Gasteiger charge is -2.30. The van der Waals surface area contributed by atoms with Gasteiger partial charge in [-0.1, -0.05) is 0 Å². The smallest absolute Gasteiger partial charge is 0.222 e. The fraction of sp³-hybridized carbons (Fsp3) is 0.889. The van der Waals surface area contributed by atoms with Gasteiger partial charge in [-0.15, -0.1) is 0 Å². The molecule has 1 fully saturated rings. The van der Waals surface area contributed by atoms with Crippen LogP contribution in [0.4, 0.5) is 0 Å². The van der Waals surface area contributed by atoms with Crippen molar-refractivity contribution in [2.24, 2.45) is 11.7 Å². The fourth-order valence-corrected chi connectivity index (χ4v) is 1.81. The number of rotatable bonds is 3. The number of amides is 1. The summed E-state index contributed by atoms with van der Waals surface area (Å²) in [5.74, 6) is 0.409. The van der Waals surface area contributed by atoms with E-state index in [4.69, 9.17) is 5.73 Å². The molecule has 0 atom stereocenters. The Morgan fingerprint density at radius 3 is 2.62 bits per heavy atom. The van der Waals surface area contributed by atoms with Gasteiger partial charge in [-0.05, 0) is 25.9 Å². The predicted molar refractivity (Wildman–Crippen MR) is 52.3 cm³/mol. The highest BCUT2D eigenvalue weighted by atomic mass is 16.1. The summed E-state index contributed by atoms with van der Waals surface area (Å²) in [5.41, 5.74) is 5.46. The summed E-state index contributed by atoms with van der Waals surface area (Å²) in [4.78, 5) is 13.6. The van der Waals surface area contributed by atoms with Crippen LogP contribution in [0.1, 0.15) is 12.8 Å². The highest BCUT2D eigenvalue weighted by Crippen LogP contribution is 2.16. The molecule has 3 N–H and O–H groups in total. The fourth-order valence-electron chi connectivity index (χ4n) is 1.81. The molecule has 1 aliphatic rings. The molecule has 13 heavy (non-hydrogen) atoms. The van der Waals surface area contributed by atoms with E-state index in [1.807, 2.05) is 0 Å². The third kappa shape index (κ3) is 2.97. The molecule has 4 heteroatoms. The molecule has 0 radical (unpaired) electrons. The van der Waals surface area contributed by atoms with E-state index in [1.165, 1.54) is 0 Å². The summed E-state index contributed by atoms with van der Waals surface area (Å²) in [6, 6.07) is 0. The number of carbonyl (C=O) groups is 1. The average Bonchev–Trinajstić information content (AvgIpc) is 2.18. The van der Waals surface area contributed by atoms with Gasteiger partial charge in [-0.3, -0.25) is 4.79 Å². The van der Waals surface area contributed by atoms with Crippen molar-refractivity contribution in [2.45, 2.75) is 12.8 Å². The molecule has 4 nitrogen and oxygen atoms in total. The molecule has 0 aromatic rings. The Morgan fingerprint density at radius 1 is 1.54 bits per heavy atom. The lowest BCUT2D eigenvalue weighted by molar-refractivity contribution is -0.125. The van der Waals surface area contributed by atoms with Crippen LogP contribution in [0.2, 0.25) is 0 Å². The maximum absolute atomic E-state index is 11.3. The second kappa shape index (κ2) is 5.19. The zero-order chi connectivity index (χ0) is 9.68. The summed E-state index contributed by atoms with van der Waals surface area (Å²) < 4.78 is 0. The van der Waals surface area contributed by atoms with E-state index < -0.39 is 0 Å². The van der Waals surface area contributed by atoms with Gasteiger partial charge >= 0.3 is 0 Å². The summed E-state index contributed by atoms with van der Waals surface area (Å²) >= 11 is 0. The number of carbonyl (C=O) groups excluding carboxylic acids is 1. The Morgan fingerprint density at radius 2 is 2.15 bits per heavy atom. The van der Waals surface area contributed by atoms with Gasteiger partial charge in [0.1, 0.15) is 0 Å². The number of nitrogens with zero attached hydrogens (tertiary/aromatic N) is 1. The molecule has 0 aromatic heterocycles. The minimum absolute atomic E-state index is 0.187. The first-order valence-electron chi connectivity index (χ1n) is 4.92. The van der Waals surface area contributed by atoms with Crippen LogP contribution in [-0.2, 0) is 4.79 Å².